The van der Waals surface area contributed by atoms with Crippen LogP contribution in [-0.2, 0) is 6.54 Å². The molecule has 13 heavy (non-hydrogen) atoms. The van der Waals surface area contributed by atoms with Crippen LogP contribution in [0.2, 0.25) is 0 Å². The van der Waals surface area contributed by atoms with E-state index in [1.165, 1.54) is 18.4 Å². The third-order valence-corrected chi connectivity index (χ3v) is 2.78. The summed E-state index contributed by atoms with van der Waals surface area (Å²) in [4.78, 5) is 2.44. The largest absolute Gasteiger partial charge is 0.299 e. The van der Waals surface area contributed by atoms with Crippen molar-refractivity contribution in [2.45, 2.75) is 25.4 Å². The molecule has 0 bridgehead atoms. The molecule has 0 atom stereocenters. The predicted octanol–water partition coefficient (Wildman–Crippen LogP) is 2.49. The van der Waals surface area contributed by atoms with Crippen LogP contribution < -0.4 is 0 Å². The molecule has 1 heteroatoms. The highest BCUT2D eigenvalue weighted by atomic mass is 15.1. The molecule has 0 unspecified atom stereocenters. The summed E-state index contributed by atoms with van der Waals surface area (Å²) < 4.78 is 0. The second-order valence-electron chi connectivity index (χ2n) is 3.81. The Morgan fingerprint density at radius 2 is 1.92 bits per heavy atom. The van der Waals surface area contributed by atoms with Gasteiger partial charge in [0.15, 0.2) is 0 Å². The van der Waals surface area contributed by atoms with E-state index in [2.05, 4.69) is 48.7 Å². The molecule has 1 saturated carbocycles. The van der Waals surface area contributed by atoms with Crippen molar-refractivity contribution >= 4 is 0 Å². The lowest BCUT2D eigenvalue weighted by molar-refractivity contribution is 0.190. The summed E-state index contributed by atoms with van der Waals surface area (Å²) in [5, 5.41) is 0. The Morgan fingerprint density at radius 3 is 2.46 bits per heavy atom. The molecule has 0 amide bonds. The first-order valence-electron chi connectivity index (χ1n) is 4.92. The van der Waals surface area contributed by atoms with E-state index >= 15 is 0 Å². The standard InChI is InChI=1S/C12H16N/c1-13(12-8-5-9-12)10-11-6-3-2-4-7-11/h2-7,12H,8-10H2,1H3. The molecule has 1 radical (unpaired) electrons. The summed E-state index contributed by atoms with van der Waals surface area (Å²) in [6, 6.07) is 11.5. The van der Waals surface area contributed by atoms with Gasteiger partial charge < -0.3 is 0 Å². The van der Waals surface area contributed by atoms with Crippen LogP contribution in [0.3, 0.4) is 0 Å². The maximum atomic E-state index is 2.44. The summed E-state index contributed by atoms with van der Waals surface area (Å²) in [5.74, 6) is 0. The second kappa shape index (κ2) is 3.93. The van der Waals surface area contributed by atoms with E-state index in [1.807, 2.05) is 0 Å². The van der Waals surface area contributed by atoms with Crippen LogP contribution in [0.4, 0.5) is 0 Å². The Hall–Kier alpha value is -0.820. The van der Waals surface area contributed by atoms with Crippen molar-refractivity contribution in [3.05, 3.63) is 42.3 Å². The van der Waals surface area contributed by atoms with Gasteiger partial charge in [-0.25, -0.2) is 0 Å². The van der Waals surface area contributed by atoms with Crippen molar-refractivity contribution in [2.24, 2.45) is 0 Å². The Bertz CT molecular complexity index is 251. The van der Waals surface area contributed by atoms with Gasteiger partial charge in [-0.05, 0) is 31.9 Å². The molecule has 1 aromatic carbocycles. The molecule has 0 saturated heterocycles. The fraction of sp³-hybridized carbons (Fsp3) is 0.417. The molecule has 69 valence electrons. The fourth-order valence-corrected chi connectivity index (χ4v) is 1.68. The first kappa shape index (κ1) is 8.76. The van der Waals surface area contributed by atoms with Crippen molar-refractivity contribution < 1.29 is 0 Å². The lowest BCUT2D eigenvalue weighted by atomic mass is 9.91. The van der Waals surface area contributed by atoms with Crippen LogP contribution in [0, 0.1) is 6.42 Å². The minimum atomic E-state index is 0.792. The van der Waals surface area contributed by atoms with Crippen LogP contribution in [-0.4, -0.2) is 18.0 Å². The number of nitrogens with zero attached hydrogens (tertiary/aromatic N) is 1. The predicted molar refractivity (Wildman–Crippen MR) is 55.2 cm³/mol. The van der Waals surface area contributed by atoms with E-state index in [0.29, 0.717) is 0 Å². The molecular weight excluding hydrogens is 158 g/mol. The lowest BCUT2D eigenvalue weighted by Crippen LogP contribution is -2.36. The normalized spacial score (nSPS) is 17.4. The van der Waals surface area contributed by atoms with E-state index in [-0.39, 0.29) is 0 Å². The van der Waals surface area contributed by atoms with Crippen LogP contribution in [0.15, 0.2) is 30.3 Å². The van der Waals surface area contributed by atoms with Gasteiger partial charge in [0, 0.05) is 12.6 Å². The van der Waals surface area contributed by atoms with Gasteiger partial charge in [0.2, 0.25) is 0 Å². The zero-order valence-corrected chi connectivity index (χ0v) is 8.11. The van der Waals surface area contributed by atoms with E-state index in [0.717, 1.165) is 12.6 Å². The van der Waals surface area contributed by atoms with E-state index in [9.17, 15) is 0 Å². The minimum Gasteiger partial charge on any atom is -0.299 e. The highest BCUT2D eigenvalue weighted by Crippen LogP contribution is 2.23. The maximum absolute atomic E-state index is 2.44. The highest BCUT2D eigenvalue weighted by Gasteiger charge is 2.21. The first-order valence-corrected chi connectivity index (χ1v) is 4.92. The van der Waals surface area contributed by atoms with Crippen molar-refractivity contribution in [3.63, 3.8) is 0 Å². The fourth-order valence-electron chi connectivity index (χ4n) is 1.68. The van der Waals surface area contributed by atoms with E-state index in [1.54, 1.807) is 0 Å². The number of rotatable bonds is 3. The Kier molecular flexibility index (Phi) is 2.65. The quantitative estimate of drug-likeness (QED) is 0.680. The van der Waals surface area contributed by atoms with Gasteiger partial charge in [-0.1, -0.05) is 30.3 Å². The van der Waals surface area contributed by atoms with Crippen LogP contribution >= 0.6 is 0 Å². The summed E-state index contributed by atoms with van der Waals surface area (Å²) in [6.45, 7) is 1.08. The topological polar surface area (TPSA) is 3.24 Å². The molecule has 0 N–H and O–H groups in total. The van der Waals surface area contributed by atoms with Gasteiger partial charge in [-0.15, -0.1) is 0 Å². The van der Waals surface area contributed by atoms with Crippen LogP contribution in [0.25, 0.3) is 0 Å². The molecule has 0 heterocycles. The molecule has 2 rings (SSSR count). The van der Waals surface area contributed by atoms with E-state index in [4.69, 9.17) is 0 Å². The van der Waals surface area contributed by atoms with Crippen molar-refractivity contribution in [3.8, 4) is 0 Å². The third-order valence-electron chi connectivity index (χ3n) is 2.78. The zero-order chi connectivity index (χ0) is 9.10. The van der Waals surface area contributed by atoms with Crippen molar-refractivity contribution in [2.75, 3.05) is 7.05 Å². The van der Waals surface area contributed by atoms with Gasteiger partial charge in [-0.3, -0.25) is 4.90 Å². The summed E-state index contributed by atoms with van der Waals surface area (Å²) in [5.41, 5.74) is 1.41. The van der Waals surface area contributed by atoms with Gasteiger partial charge in [-0.2, -0.15) is 0 Å². The van der Waals surface area contributed by atoms with Crippen LogP contribution in [0.1, 0.15) is 18.4 Å². The first-order chi connectivity index (χ1) is 6.36. The monoisotopic (exact) mass is 174 g/mol. The molecule has 0 aromatic heterocycles. The SMILES string of the molecule is CN(Cc1ccccc1)C1C[CH]C1. The molecule has 1 fully saturated rings. The summed E-state index contributed by atoms with van der Waals surface area (Å²) >= 11 is 0. The minimum absolute atomic E-state index is 0.792. The van der Waals surface area contributed by atoms with Gasteiger partial charge in [0.25, 0.3) is 0 Å². The van der Waals surface area contributed by atoms with E-state index < -0.39 is 0 Å². The Morgan fingerprint density at radius 1 is 1.23 bits per heavy atom. The average Bonchev–Trinajstić information content (AvgIpc) is 2.02. The maximum Gasteiger partial charge on any atom is 0.0233 e. The molecule has 1 aliphatic rings. The lowest BCUT2D eigenvalue weighted by Gasteiger charge is -2.34. The zero-order valence-electron chi connectivity index (χ0n) is 8.11. The molecule has 1 nitrogen and oxygen atoms in total. The van der Waals surface area contributed by atoms with Crippen LogP contribution in [0.5, 0.6) is 0 Å². The number of hydrogen-bond acceptors (Lipinski definition) is 1. The highest BCUT2D eigenvalue weighted by molar-refractivity contribution is 5.14. The Balaban J connectivity index is 1.90. The third kappa shape index (κ3) is 2.10. The van der Waals surface area contributed by atoms with Gasteiger partial charge in [0.05, 0.1) is 0 Å². The van der Waals surface area contributed by atoms with Gasteiger partial charge >= 0.3 is 0 Å². The molecule has 0 aliphatic heterocycles. The smallest absolute Gasteiger partial charge is 0.0233 e. The molecule has 1 aromatic rings. The summed E-state index contributed by atoms with van der Waals surface area (Å²) in [6.07, 6.45) is 4.89. The molecule has 0 spiro atoms. The summed E-state index contributed by atoms with van der Waals surface area (Å²) in [7, 11) is 2.21. The van der Waals surface area contributed by atoms with Gasteiger partial charge in [0.1, 0.15) is 0 Å². The van der Waals surface area contributed by atoms with Crippen molar-refractivity contribution in [1.82, 2.24) is 4.90 Å². The number of hydrogen-bond donors (Lipinski definition) is 0. The van der Waals surface area contributed by atoms with Crippen molar-refractivity contribution in [1.29, 1.82) is 0 Å². The molecule has 1 aliphatic carbocycles. The molecular formula is C12H16N. The second-order valence-corrected chi connectivity index (χ2v) is 3.81. The number of benzene rings is 1. The Labute approximate surface area is 80.4 Å². The average molecular weight is 174 g/mol.